The molecule has 0 amide bonds. The van der Waals surface area contributed by atoms with Crippen LogP contribution in [-0.2, 0) is 6.42 Å². The summed E-state index contributed by atoms with van der Waals surface area (Å²) < 4.78 is 0. The van der Waals surface area contributed by atoms with E-state index in [2.05, 4.69) is 93.3 Å². The van der Waals surface area contributed by atoms with Gasteiger partial charge in [0.15, 0.2) is 0 Å². The maximum absolute atomic E-state index is 4.68. The highest BCUT2D eigenvalue weighted by Crippen LogP contribution is 2.26. The van der Waals surface area contributed by atoms with Crippen LogP contribution < -0.4 is 0 Å². The van der Waals surface area contributed by atoms with Gasteiger partial charge in [-0.15, -0.1) is 0 Å². The zero-order valence-electron chi connectivity index (χ0n) is 15.2. The second kappa shape index (κ2) is 9.02. The zero-order chi connectivity index (χ0) is 17.4. The van der Waals surface area contributed by atoms with E-state index in [-0.39, 0.29) is 0 Å². The van der Waals surface area contributed by atoms with Crippen molar-refractivity contribution in [1.29, 1.82) is 0 Å². The van der Waals surface area contributed by atoms with Crippen molar-refractivity contribution in [3.63, 3.8) is 0 Å². The second-order valence-corrected chi connectivity index (χ2v) is 5.96. The lowest BCUT2D eigenvalue weighted by Gasteiger charge is -2.09. The highest BCUT2D eigenvalue weighted by molar-refractivity contribution is 5.70. The Balaban J connectivity index is 0.000000647. The predicted octanol–water partition coefficient (Wildman–Crippen LogP) is 6.70. The number of aryl methyl sites for hydroxylation is 2. The summed E-state index contributed by atoms with van der Waals surface area (Å²) in [5, 5.41) is 0. The van der Waals surface area contributed by atoms with Gasteiger partial charge < -0.3 is 0 Å². The van der Waals surface area contributed by atoms with Gasteiger partial charge in [-0.2, -0.15) is 0 Å². The molecule has 24 heavy (non-hydrogen) atoms. The summed E-state index contributed by atoms with van der Waals surface area (Å²) in [5.41, 5.74) is 7.32. The van der Waals surface area contributed by atoms with Crippen molar-refractivity contribution in [1.82, 2.24) is 4.98 Å². The Morgan fingerprint density at radius 3 is 1.96 bits per heavy atom. The maximum Gasteiger partial charge on any atom is 0.0705 e. The summed E-state index contributed by atoms with van der Waals surface area (Å²) in [7, 11) is 0. The fourth-order valence-corrected chi connectivity index (χ4v) is 2.69. The number of hydrogen-bond acceptors (Lipinski definition) is 1. The van der Waals surface area contributed by atoms with Crippen LogP contribution in [0.3, 0.4) is 0 Å². The summed E-state index contributed by atoms with van der Waals surface area (Å²) in [6.07, 6.45) is 4.25. The molecule has 3 aromatic rings. The number of benzene rings is 2. The molecule has 3 rings (SSSR count). The van der Waals surface area contributed by atoms with Crippen LogP contribution in [0.25, 0.3) is 22.4 Å². The first-order valence-electron chi connectivity index (χ1n) is 8.81. The quantitative estimate of drug-likeness (QED) is 0.523. The summed E-state index contributed by atoms with van der Waals surface area (Å²) >= 11 is 0. The van der Waals surface area contributed by atoms with Gasteiger partial charge in [-0.3, -0.25) is 4.98 Å². The molecule has 124 valence electrons. The van der Waals surface area contributed by atoms with Crippen LogP contribution in [0.4, 0.5) is 0 Å². The Labute approximate surface area is 146 Å². The Hall–Kier alpha value is -2.41. The Morgan fingerprint density at radius 2 is 1.38 bits per heavy atom. The van der Waals surface area contributed by atoms with Crippen molar-refractivity contribution < 1.29 is 0 Å². The van der Waals surface area contributed by atoms with Gasteiger partial charge in [0.25, 0.3) is 0 Å². The monoisotopic (exact) mass is 317 g/mol. The van der Waals surface area contributed by atoms with E-state index in [1.165, 1.54) is 34.2 Å². The molecule has 1 nitrogen and oxygen atoms in total. The van der Waals surface area contributed by atoms with Crippen LogP contribution >= 0.6 is 0 Å². The third kappa shape index (κ3) is 4.32. The molecule has 1 aromatic heterocycles. The van der Waals surface area contributed by atoms with Crippen LogP contribution in [0.1, 0.15) is 38.3 Å². The fraction of sp³-hybridized carbons (Fsp3) is 0.261. The minimum absolute atomic E-state index is 1.03. The summed E-state index contributed by atoms with van der Waals surface area (Å²) in [4.78, 5) is 4.68. The Bertz CT molecular complexity index is 757. The van der Waals surface area contributed by atoms with Gasteiger partial charge in [-0.1, -0.05) is 81.8 Å². The first kappa shape index (κ1) is 17.9. The van der Waals surface area contributed by atoms with Gasteiger partial charge in [0.2, 0.25) is 0 Å². The molecule has 1 heteroatoms. The van der Waals surface area contributed by atoms with E-state index in [4.69, 9.17) is 0 Å². The van der Waals surface area contributed by atoms with E-state index in [1.807, 2.05) is 6.20 Å². The minimum atomic E-state index is 1.03. The van der Waals surface area contributed by atoms with E-state index in [0.717, 1.165) is 12.1 Å². The second-order valence-electron chi connectivity index (χ2n) is 5.96. The molecule has 0 saturated carbocycles. The molecule has 0 bridgehead atoms. The average molecular weight is 317 g/mol. The van der Waals surface area contributed by atoms with Crippen molar-refractivity contribution >= 4 is 0 Å². The molecule has 0 N–H and O–H groups in total. The highest BCUT2D eigenvalue weighted by Gasteiger charge is 2.06. The maximum atomic E-state index is 4.68. The molecule has 0 radical (unpaired) electrons. The number of pyridine rings is 1. The van der Waals surface area contributed by atoms with Crippen LogP contribution in [0.5, 0.6) is 0 Å². The van der Waals surface area contributed by atoms with Crippen molar-refractivity contribution in [3.05, 3.63) is 78.0 Å². The molecule has 0 saturated heterocycles. The summed E-state index contributed by atoms with van der Waals surface area (Å²) in [6, 6.07) is 21.2. The standard InChI is InChI=1S/C20H19N.C3H8/c1-3-16-9-5-7-11-19(16)20-13-12-17(14-21-20)18-10-6-4-8-15(18)2;1-3-2/h4-14H,3H2,1-2H3;3H2,1-2H3. The van der Waals surface area contributed by atoms with Crippen molar-refractivity contribution in [3.8, 4) is 22.4 Å². The molecular weight excluding hydrogens is 290 g/mol. The van der Waals surface area contributed by atoms with Gasteiger partial charge in [-0.25, -0.2) is 0 Å². The Morgan fingerprint density at radius 1 is 0.750 bits per heavy atom. The van der Waals surface area contributed by atoms with Gasteiger partial charge in [-0.05, 0) is 36.1 Å². The van der Waals surface area contributed by atoms with Crippen molar-refractivity contribution in [2.75, 3.05) is 0 Å². The van der Waals surface area contributed by atoms with Gasteiger partial charge >= 0.3 is 0 Å². The lowest BCUT2D eigenvalue weighted by Crippen LogP contribution is -1.91. The van der Waals surface area contributed by atoms with Gasteiger partial charge in [0.05, 0.1) is 5.69 Å². The van der Waals surface area contributed by atoms with E-state index in [9.17, 15) is 0 Å². The third-order valence-corrected chi connectivity index (χ3v) is 3.89. The molecular formula is C23H27N. The molecule has 0 fully saturated rings. The fourth-order valence-electron chi connectivity index (χ4n) is 2.69. The zero-order valence-corrected chi connectivity index (χ0v) is 15.2. The predicted molar refractivity (Wildman–Crippen MR) is 105 cm³/mol. The topological polar surface area (TPSA) is 12.9 Å². The van der Waals surface area contributed by atoms with Gasteiger partial charge in [0, 0.05) is 17.3 Å². The number of nitrogens with zero attached hydrogens (tertiary/aromatic N) is 1. The van der Waals surface area contributed by atoms with Crippen LogP contribution in [-0.4, -0.2) is 4.98 Å². The van der Waals surface area contributed by atoms with E-state index in [1.54, 1.807) is 0 Å². The SMILES string of the molecule is CCC.CCc1ccccc1-c1ccc(-c2ccccc2C)cn1. The molecule has 0 spiro atoms. The summed E-state index contributed by atoms with van der Waals surface area (Å²) in [5.74, 6) is 0. The highest BCUT2D eigenvalue weighted by atomic mass is 14.7. The minimum Gasteiger partial charge on any atom is -0.256 e. The van der Waals surface area contributed by atoms with Gasteiger partial charge in [0.1, 0.15) is 0 Å². The first-order chi connectivity index (χ1) is 11.7. The summed E-state index contributed by atoms with van der Waals surface area (Å²) in [6.45, 7) is 8.57. The van der Waals surface area contributed by atoms with Crippen LogP contribution in [0, 0.1) is 6.92 Å². The molecule has 0 unspecified atom stereocenters. The lowest BCUT2D eigenvalue weighted by atomic mass is 9.99. The molecule has 1 heterocycles. The number of aromatic nitrogens is 1. The van der Waals surface area contributed by atoms with Crippen molar-refractivity contribution in [2.24, 2.45) is 0 Å². The molecule has 0 aliphatic heterocycles. The van der Waals surface area contributed by atoms with E-state index in [0.29, 0.717) is 0 Å². The number of rotatable bonds is 3. The largest absolute Gasteiger partial charge is 0.256 e. The van der Waals surface area contributed by atoms with E-state index < -0.39 is 0 Å². The number of hydrogen-bond donors (Lipinski definition) is 0. The molecule has 2 aromatic carbocycles. The lowest BCUT2D eigenvalue weighted by molar-refractivity contribution is 1.09. The molecule has 0 aliphatic carbocycles. The molecule has 0 aliphatic rings. The molecule has 0 atom stereocenters. The smallest absolute Gasteiger partial charge is 0.0705 e. The van der Waals surface area contributed by atoms with Crippen LogP contribution in [0.2, 0.25) is 0 Å². The first-order valence-corrected chi connectivity index (χ1v) is 8.81. The van der Waals surface area contributed by atoms with E-state index >= 15 is 0 Å². The third-order valence-electron chi connectivity index (χ3n) is 3.89. The normalized spacial score (nSPS) is 10.0. The average Bonchev–Trinajstić information content (AvgIpc) is 2.63. The Kier molecular flexibility index (Phi) is 6.74. The van der Waals surface area contributed by atoms with Crippen molar-refractivity contribution in [2.45, 2.75) is 40.5 Å². The van der Waals surface area contributed by atoms with Crippen LogP contribution in [0.15, 0.2) is 66.9 Å².